The number of hydrogen-bond donors (Lipinski definition) is 5. The number of fused-ring (bicyclic) bond motifs is 1. The summed E-state index contributed by atoms with van der Waals surface area (Å²) < 4.78 is 0. The van der Waals surface area contributed by atoms with Crippen molar-refractivity contribution in [3.63, 3.8) is 0 Å². The third kappa shape index (κ3) is 5.52. The summed E-state index contributed by atoms with van der Waals surface area (Å²) in [4.78, 5) is 30.3. The summed E-state index contributed by atoms with van der Waals surface area (Å²) in [6, 6.07) is 9.91. The Kier molecular flexibility index (Phi) is 7.48. The number of H-pyrrole nitrogens is 1. The number of ketones is 1. The average Bonchev–Trinajstić information content (AvgIpc) is 3.53. The molecule has 7 nitrogen and oxygen atoms in total. The second kappa shape index (κ2) is 10.9. The Morgan fingerprint density at radius 2 is 2.06 bits per heavy atom. The molecule has 36 heavy (non-hydrogen) atoms. The summed E-state index contributed by atoms with van der Waals surface area (Å²) in [6.45, 7) is 4.39. The van der Waals surface area contributed by atoms with E-state index < -0.39 is 0 Å². The van der Waals surface area contributed by atoms with Crippen molar-refractivity contribution in [2.24, 2.45) is 5.92 Å². The van der Waals surface area contributed by atoms with Gasteiger partial charge in [0.2, 0.25) is 0 Å². The van der Waals surface area contributed by atoms with Crippen LogP contribution < -0.4 is 21.3 Å². The molecule has 0 bridgehead atoms. The van der Waals surface area contributed by atoms with Gasteiger partial charge in [0.15, 0.2) is 5.78 Å². The molecular formula is C27H31N5O2S2. The number of Topliss-reactive ketones (excluding diaryl/α,β-unsaturated/α-hetero) is 1. The summed E-state index contributed by atoms with van der Waals surface area (Å²) in [5.41, 5.74) is 5.25. The van der Waals surface area contributed by atoms with Gasteiger partial charge in [0.05, 0.1) is 27.7 Å². The van der Waals surface area contributed by atoms with E-state index in [9.17, 15) is 9.59 Å². The monoisotopic (exact) mass is 521 g/mol. The van der Waals surface area contributed by atoms with Gasteiger partial charge in [0.1, 0.15) is 6.17 Å². The normalized spacial score (nSPS) is 20.8. The van der Waals surface area contributed by atoms with Gasteiger partial charge in [-0.2, -0.15) is 11.8 Å². The molecule has 3 aliphatic rings. The molecule has 2 aromatic rings. The Labute approximate surface area is 220 Å². The fourth-order valence-corrected chi connectivity index (χ4v) is 6.18. The van der Waals surface area contributed by atoms with Gasteiger partial charge >= 0.3 is 0 Å². The zero-order valence-corrected chi connectivity index (χ0v) is 22.0. The summed E-state index contributed by atoms with van der Waals surface area (Å²) in [6.07, 6.45) is 8.57. The smallest absolute Gasteiger partial charge is 0.261 e. The Morgan fingerprint density at radius 1 is 1.22 bits per heavy atom. The van der Waals surface area contributed by atoms with E-state index in [1.807, 2.05) is 60.4 Å². The van der Waals surface area contributed by atoms with Crippen molar-refractivity contribution in [3.8, 4) is 0 Å². The van der Waals surface area contributed by atoms with Crippen LogP contribution in [0.3, 0.4) is 0 Å². The molecule has 1 aromatic heterocycles. The molecule has 2 aliphatic heterocycles. The fraction of sp³-hybridized carbons (Fsp3) is 0.333. The summed E-state index contributed by atoms with van der Waals surface area (Å²) in [5.74, 6) is 2.05. The standard InChI is InChI=1S/C27H31N5O2S2/c1-16(2)35-14-17-10-20-24(21(33)11-17)26(30-19-6-4-3-5-7-19)25(31-20)18-8-9-29-23(12-18)32-27(34)22-13-28-15-36-22/h3-9,12-13,16-17,23,28-31H,10-11,14-15H2,1-2H3,(H,32,34). The van der Waals surface area contributed by atoms with Crippen molar-refractivity contribution < 1.29 is 9.59 Å². The first-order valence-electron chi connectivity index (χ1n) is 12.2. The highest BCUT2D eigenvalue weighted by molar-refractivity contribution is 8.04. The molecule has 5 N–H and O–H groups in total. The lowest BCUT2D eigenvalue weighted by atomic mass is 9.87. The molecule has 2 atom stereocenters. The van der Waals surface area contributed by atoms with E-state index in [-0.39, 0.29) is 17.9 Å². The second-order valence-electron chi connectivity index (χ2n) is 9.37. The van der Waals surface area contributed by atoms with Crippen LogP contribution in [0.25, 0.3) is 5.57 Å². The van der Waals surface area contributed by atoms with Crippen molar-refractivity contribution in [3.05, 3.63) is 76.7 Å². The number of carbonyl (C=O) groups is 2. The summed E-state index contributed by atoms with van der Waals surface area (Å²) in [5, 5.41) is 13.3. The predicted octanol–water partition coefficient (Wildman–Crippen LogP) is 4.72. The van der Waals surface area contributed by atoms with E-state index in [1.54, 1.807) is 6.20 Å². The second-order valence-corrected chi connectivity index (χ2v) is 12.0. The minimum atomic E-state index is -0.365. The van der Waals surface area contributed by atoms with Crippen molar-refractivity contribution in [1.29, 1.82) is 0 Å². The molecule has 1 aliphatic carbocycles. The maximum atomic E-state index is 13.4. The Hall–Kier alpha value is -3.04. The lowest BCUT2D eigenvalue weighted by Gasteiger charge is -2.22. The molecule has 0 spiro atoms. The first kappa shape index (κ1) is 24.6. The molecular weight excluding hydrogens is 490 g/mol. The van der Waals surface area contributed by atoms with Crippen LogP contribution in [-0.4, -0.2) is 39.7 Å². The van der Waals surface area contributed by atoms with E-state index in [0.29, 0.717) is 28.4 Å². The van der Waals surface area contributed by atoms with Gasteiger partial charge in [-0.3, -0.25) is 9.59 Å². The maximum Gasteiger partial charge on any atom is 0.261 e. The van der Waals surface area contributed by atoms with Crippen LogP contribution in [-0.2, 0) is 11.2 Å². The summed E-state index contributed by atoms with van der Waals surface area (Å²) >= 11 is 3.39. The van der Waals surface area contributed by atoms with Crippen LogP contribution in [0.15, 0.2) is 59.8 Å². The average molecular weight is 522 g/mol. The van der Waals surface area contributed by atoms with Gasteiger partial charge in [0.25, 0.3) is 5.91 Å². The third-order valence-electron chi connectivity index (χ3n) is 6.26. The van der Waals surface area contributed by atoms with E-state index in [2.05, 4.69) is 40.1 Å². The van der Waals surface area contributed by atoms with Gasteiger partial charge in [-0.15, -0.1) is 0 Å². The third-order valence-corrected chi connectivity index (χ3v) is 8.52. The van der Waals surface area contributed by atoms with E-state index in [1.165, 1.54) is 11.8 Å². The number of aromatic nitrogens is 1. The number of para-hydroxylation sites is 1. The van der Waals surface area contributed by atoms with Crippen molar-refractivity contribution in [1.82, 2.24) is 20.9 Å². The SMILES string of the molecule is CC(C)SCC1CC(=O)c2c([nH]c(C3=CC(NC(=O)C4=CNCS4)NC=C3)c2Nc2ccccc2)C1. The number of hydrogen-bond acceptors (Lipinski definition) is 7. The number of aromatic amines is 1. The van der Waals surface area contributed by atoms with Crippen molar-refractivity contribution >= 4 is 52.2 Å². The molecule has 0 radical (unpaired) electrons. The molecule has 1 amide bonds. The highest BCUT2D eigenvalue weighted by Gasteiger charge is 2.32. The number of dihydropyridines is 1. The van der Waals surface area contributed by atoms with Gasteiger partial charge < -0.3 is 26.3 Å². The van der Waals surface area contributed by atoms with Gasteiger partial charge in [-0.05, 0) is 53.8 Å². The number of anilines is 2. The number of allylic oxidation sites excluding steroid dienone is 2. The molecule has 1 aromatic carbocycles. The molecule has 5 rings (SSSR count). The first-order valence-corrected chi connectivity index (χ1v) is 14.2. The quantitative estimate of drug-likeness (QED) is 0.343. The maximum absolute atomic E-state index is 13.4. The van der Waals surface area contributed by atoms with Gasteiger partial charge in [-0.1, -0.05) is 43.8 Å². The highest BCUT2D eigenvalue weighted by Crippen LogP contribution is 2.39. The molecule has 0 saturated carbocycles. The Bertz CT molecular complexity index is 1230. The molecule has 188 valence electrons. The predicted molar refractivity (Wildman–Crippen MR) is 150 cm³/mol. The van der Waals surface area contributed by atoms with E-state index >= 15 is 0 Å². The summed E-state index contributed by atoms with van der Waals surface area (Å²) in [7, 11) is 0. The molecule has 0 fully saturated rings. The largest absolute Gasteiger partial charge is 0.380 e. The number of rotatable bonds is 8. The minimum Gasteiger partial charge on any atom is -0.380 e. The highest BCUT2D eigenvalue weighted by atomic mass is 32.2. The van der Waals surface area contributed by atoms with Crippen LogP contribution in [0.2, 0.25) is 0 Å². The van der Waals surface area contributed by atoms with E-state index in [0.717, 1.165) is 46.1 Å². The molecule has 2 unspecified atom stereocenters. The number of nitrogens with one attached hydrogen (secondary N) is 5. The molecule has 3 heterocycles. The molecule has 0 saturated heterocycles. The van der Waals surface area contributed by atoms with Crippen LogP contribution in [0.1, 0.15) is 42.0 Å². The van der Waals surface area contributed by atoms with Gasteiger partial charge in [0, 0.05) is 29.6 Å². The number of carbonyl (C=O) groups excluding carboxylic acids is 2. The zero-order valence-electron chi connectivity index (χ0n) is 20.4. The topological polar surface area (TPSA) is 98.0 Å². The van der Waals surface area contributed by atoms with Crippen molar-refractivity contribution in [2.45, 2.75) is 38.1 Å². The van der Waals surface area contributed by atoms with Crippen LogP contribution in [0.5, 0.6) is 0 Å². The number of thioether (sulfide) groups is 2. The lowest BCUT2D eigenvalue weighted by molar-refractivity contribution is -0.117. The Balaban J connectivity index is 1.46. The van der Waals surface area contributed by atoms with Gasteiger partial charge in [-0.25, -0.2) is 0 Å². The van der Waals surface area contributed by atoms with Crippen LogP contribution in [0.4, 0.5) is 11.4 Å². The van der Waals surface area contributed by atoms with Crippen LogP contribution in [0, 0.1) is 5.92 Å². The first-order chi connectivity index (χ1) is 17.5. The Morgan fingerprint density at radius 3 is 2.81 bits per heavy atom. The van der Waals surface area contributed by atoms with Crippen LogP contribution >= 0.6 is 23.5 Å². The minimum absolute atomic E-state index is 0.123. The fourth-order valence-electron chi connectivity index (χ4n) is 4.61. The number of benzene rings is 1. The zero-order chi connectivity index (χ0) is 25.1. The molecule has 9 heteroatoms. The lowest BCUT2D eigenvalue weighted by Crippen LogP contribution is -2.43. The number of amides is 1. The van der Waals surface area contributed by atoms with Crippen molar-refractivity contribution in [2.75, 3.05) is 16.9 Å². The van der Waals surface area contributed by atoms with E-state index in [4.69, 9.17) is 0 Å².